The summed E-state index contributed by atoms with van der Waals surface area (Å²) in [5.41, 5.74) is 7.97. The molecule has 166 valence electrons. The summed E-state index contributed by atoms with van der Waals surface area (Å²) in [5.74, 6) is 0.145. The van der Waals surface area contributed by atoms with Gasteiger partial charge in [0.2, 0.25) is 5.91 Å². The molecule has 2 aliphatic heterocycles. The zero-order chi connectivity index (χ0) is 21.5. The largest absolute Gasteiger partial charge is 0.398 e. The van der Waals surface area contributed by atoms with Crippen LogP contribution in [-0.2, 0) is 4.79 Å². The maximum Gasteiger partial charge on any atom is 0.253 e. The van der Waals surface area contributed by atoms with Crippen LogP contribution in [0.4, 0.5) is 11.4 Å². The number of carbonyl (C=O) groups excluding carboxylic acids is 2. The number of nitrogens with zero attached hydrogens (tertiary/aromatic N) is 2. The molecule has 0 unspecified atom stereocenters. The summed E-state index contributed by atoms with van der Waals surface area (Å²) >= 11 is 0. The van der Waals surface area contributed by atoms with Crippen molar-refractivity contribution >= 4 is 23.2 Å². The van der Waals surface area contributed by atoms with E-state index in [0.29, 0.717) is 17.2 Å². The predicted molar refractivity (Wildman–Crippen MR) is 122 cm³/mol. The van der Waals surface area contributed by atoms with E-state index in [4.69, 9.17) is 5.73 Å². The van der Waals surface area contributed by atoms with Crippen LogP contribution in [0.15, 0.2) is 18.2 Å². The maximum absolute atomic E-state index is 12.6. The van der Waals surface area contributed by atoms with Gasteiger partial charge < -0.3 is 26.2 Å². The third-order valence-corrected chi connectivity index (χ3v) is 5.99. The van der Waals surface area contributed by atoms with Gasteiger partial charge in [-0.3, -0.25) is 9.59 Å². The van der Waals surface area contributed by atoms with Gasteiger partial charge in [0.25, 0.3) is 5.91 Å². The number of amides is 2. The van der Waals surface area contributed by atoms with E-state index in [1.165, 1.54) is 51.7 Å². The Hall–Kier alpha value is -2.28. The van der Waals surface area contributed by atoms with Crippen LogP contribution in [0.2, 0.25) is 0 Å². The molecular weight excluding hydrogens is 378 g/mol. The van der Waals surface area contributed by atoms with Gasteiger partial charge in [-0.05, 0) is 76.7 Å². The third-order valence-electron chi connectivity index (χ3n) is 5.99. The minimum atomic E-state index is -0.310. The summed E-state index contributed by atoms with van der Waals surface area (Å²) in [4.78, 5) is 29.4. The number of nitrogen functional groups attached to an aromatic ring is 1. The second-order valence-electron chi connectivity index (χ2n) is 8.99. The lowest BCUT2D eigenvalue weighted by Crippen LogP contribution is -2.42. The standard InChI is InChI=1S/C23H37N5O2/c1-17(2)26-22(29)14-25-23(30)20-13-19(8-9-21(20)24)28-12-6-7-18(16-28)15-27-10-4-3-5-11-27/h8-9,13,17-18H,3-7,10-12,14-16,24H2,1-2H3,(H,25,30)(H,26,29)/t18-/m1/s1. The molecule has 7 nitrogen and oxygen atoms in total. The van der Waals surface area contributed by atoms with Crippen molar-refractivity contribution in [1.29, 1.82) is 0 Å². The van der Waals surface area contributed by atoms with Crippen LogP contribution in [0.5, 0.6) is 0 Å². The highest BCUT2D eigenvalue weighted by Gasteiger charge is 2.24. The van der Waals surface area contributed by atoms with Gasteiger partial charge in [-0.1, -0.05) is 6.42 Å². The van der Waals surface area contributed by atoms with E-state index in [9.17, 15) is 9.59 Å². The molecule has 2 amide bonds. The van der Waals surface area contributed by atoms with Crippen LogP contribution >= 0.6 is 0 Å². The van der Waals surface area contributed by atoms with Crippen LogP contribution in [0.25, 0.3) is 0 Å². The van der Waals surface area contributed by atoms with E-state index in [1.54, 1.807) is 6.07 Å². The van der Waals surface area contributed by atoms with Gasteiger partial charge >= 0.3 is 0 Å². The fraction of sp³-hybridized carbons (Fsp3) is 0.652. The number of rotatable bonds is 7. The monoisotopic (exact) mass is 415 g/mol. The Morgan fingerprint density at radius 3 is 2.63 bits per heavy atom. The molecule has 2 saturated heterocycles. The fourth-order valence-electron chi connectivity index (χ4n) is 4.52. The normalized spacial score (nSPS) is 20.2. The summed E-state index contributed by atoms with van der Waals surface area (Å²) in [6.45, 7) is 9.36. The number of hydrogen-bond donors (Lipinski definition) is 3. The van der Waals surface area contributed by atoms with E-state index >= 15 is 0 Å². The van der Waals surface area contributed by atoms with Crippen molar-refractivity contribution in [1.82, 2.24) is 15.5 Å². The summed E-state index contributed by atoms with van der Waals surface area (Å²) in [7, 11) is 0. The molecule has 0 aromatic heterocycles. The summed E-state index contributed by atoms with van der Waals surface area (Å²) in [6, 6.07) is 5.71. The summed E-state index contributed by atoms with van der Waals surface area (Å²) < 4.78 is 0. The van der Waals surface area contributed by atoms with Crippen LogP contribution in [0, 0.1) is 5.92 Å². The summed E-state index contributed by atoms with van der Waals surface area (Å²) in [5, 5.41) is 5.45. The van der Waals surface area contributed by atoms with Crippen LogP contribution in [0.1, 0.15) is 56.3 Å². The van der Waals surface area contributed by atoms with E-state index in [2.05, 4.69) is 20.4 Å². The van der Waals surface area contributed by atoms with Gasteiger partial charge in [0, 0.05) is 37.1 Å². The Kier molecular flexibility index (Phi) is 7.96. The highest BCUT2D eigenvalue weighted by atomic mass is 16.2. The number of piperidine rings is 2. The number of benzene rings is 1. The molecule has 0 bridgehead atoms. The number of carbonyl (C=O) groups is 2. The Labute approximate surface area is 180 Å². The first-order valence-electron chi connectivity index (χ1n) is 11.4. The summed E-state index contributed by atoms with van der Waals surface area (Å²) in [6.07, 6.45) is 6.44. The number of hydrogen-bond acceptors (Lipinski definition) is 5. The second-order valence-corrected chi connectivity index (χ2v) is 8.99. The molecule has 0 spiro atoms. The first kappa shape index (κ1) is 22.4. The lowest BCUT2D eigenvalue weighted by atomic mass is 9.95. The van der Waals surface area contributed by atoms with Gasteiger partial charge in [0.05, 0.1) is 12.1 Å². The zero-order valence-electron chi connectivity index (χ0n) is 18.5. The van der Waals surface area contributed by atoms with Gasteiger partial charge in [-0.2, -0.15) is 0 Å². The quantitative estimate of drug-likeness (QED) is 0.594. The number of anilines is 2. The Morgan fingerprint density at radius 2 is 1.90 bits per heavy atom. The third kappa shape index (κ3) is 6.36. The van der Waals surface area contributed by atoms with E-state index in [1.807, 2.05) is 26.0 Å². The molecule has 1 aromatic carbocycles. The smallest absolute Gasteiger partial charge is 0.253 e. The Bertz CT molecular complexity index is 730. The number of nitrogens with one attached hydrogen (secondary N) is 2. The van der Waals surface area contributed by atoms with Crippen LogP contribution < -0.4 is 21.3 Å². The maximum atomic E-state index is 12.6. The van der Waals surface area contributed by atoms with Crippen molar-refractivity contribution in [2.75, 3.05) is 49.9 Å². The highest BCUT2D eigenvalue weighted by Crippen LogP contribution is 2.27. The fourth-order valence-corrected chi connectivity index (χ4v) is 4.52. The molecule has 4 N–H and O–H groups in total. The first-order valence-corrected chi connectivity index (χ1v) is 11.4. The van der Waals surface area contributed by atoms with E-state index < -0.39 is 0 Å². The van der Waals surface area contributed by atoms with Gasteiger partial charge in [0.1, 0.15) is 0 Å². The predicted octanol–water partition coefficient (Wildman–Crippen LogP) is 2.23. The van der Waals surface area contributed by atoms with Crippen molar-refractivity contribution in [3.8, 4) is 0 Å². The molecule has 2 heterocycles. The molecule has 7 heteroatoms. The lowest BCUT2D eigenvalue weighted by molar-refractivity contribution is -0.120. The zero-order valence-corrected chi connectivity index (χ0v) is 18.5. The van der Waals surface area contributed by atoms with Gasteiger partial charge in [0.15, 0.2) is 0 Å². The van der Waals surface area contributed by atoms with Crippen molar-refractivity contribution in [2.24, 2.45) is 5.92 Å². The van der Waals surface area contributed by atoms with Gasteiger partial charge in [-0.25, -0.2) is 0 Å². The molecule has 3 rings (SSSR count). The highest BCUT2D eigenvalue weighted by molar-refractivity contribution is 6.01. The van der Waals surface area contributed by atoms with Crippen molar-refractivity contribution in [2.45, 2.75) is 52.0 Å². The molecule has 1 aromatic rings. The molecule has 0 aliphatic carbocycles. The first-order chi connectivity index (χ1) is 14.4. The molecule has 2 fully saturated rings. The molecule has 2 aliphatic rings. The Morgan fingerprint density at radius 1 is 1.13 bits per heavy atom. The molecule has 0 saturated carbocycles. The SMILES string of the molecule is CC(C)NC(=O)CNC(=O)c1cc(N2CCC[C@H](CN3CCCCC3)C2)ccc1N. The molecule has 0 radical (unpaired) electrons. The lowest BCUT2D eigenvalue weighted by Gasteiger charge is -2.38. The molecular formula is C23H37N5O2. The second kappa shape index (κ2) is 10.7. The van der Waals surface area contributed by atoms with E-state index in [0.717, 1.165) is 18.8 Å². The van der Waals surface area contributed by atoms with Crippen molar-refractivity contribution in [3.05, 3.63) is 23.8 Å². The molecule has 30 heavy (non-hydrogen) atoms. The Balaban J connectivity index is 1.60. The van der Waals surface area contributed by atoms with Crippen LogP contribution in [0.3, 0.4) is 0 Å². The minimum Gasteiger partial charge on any atom is -0.398 e. The van der Waals surface area contributed by atoms with Gasteiger partial charge in [-0.15, -0.1) is 0 Å². The topological polar surface area (TPSA) is 90.7 Å². The average molecular weight is 416 g/mol. The van der Waals surface area contributed by atoms with E-state index in [-0.39, 0.29) is 24.4 Å². The molecule has 1 atom stereocenters. The average Bonchev–Trinajstić information content (AvgIpc) is 2.73. The number of nitrogens with two attached hydrogens (primary N) is 1. The van der Waals surface area contributed by atoms with Crippen molar-refractivity contribution < 1.29 is 9.59 Å². The minimum absolute atomic E-state index is 0.0415. The number of likely N-dealkylation sites (tertiary alicyclic amines) is 1. The van der Waals surface area contributed by atoms with Crippen molar-refractivity contribution in [3.63, 3.8) is 0 Å². The van der Waals surface area contributed by atoms with Crippen LogP contribution in [-0.4, -0.2) is 62.0 Å².